The van der Waals surface area contributed by atoms with Crippen molar-refractivity contribution in [3.63, 3.8) is 0 Å². The number of benzene rings is 4. The summed E-state index contributed by atoms with van der Waals surface area (Å²) in [6.45, 7) is 28.9. The Labute approximate surface area is 542 Å². The number of aromatic hydroxyl groups is 3. The van der Waals surface area contributed by atoms with E-state index in [4.69, 9.17) is 18.9 Å². The van der Waals surface area contributed by atoms with E-state index in [1.165, 1.54) is 18.2 Å². The molecule has 4 aromatic carbocycles. The van der Waals surface area contributed by atoms with E-state index in [1.807, 2.05) is 160 Å². The topological polar surface area (TPSA) is 200 Å². The molecule has 0 fully saturated rings. The number of aryl methyl sites for hydroxylation is 1. The molecule has 3 N–H and O–H groups in total. The molecule has 480 valence electrons. The summed E-state index contributed by atoms with van der Waals surface area (Å²) in [7, 11) is 0. The van der Waals surface area contributed by atoms with Gasteiger partial charge in [0.1, 0.15) is 28.7 Å². The van der Waals surface area contributed by atoms with Gasteiger partial charge < -0.3 is 34.3 Å². The molecular formula is C79H86O13. The molecule has 0 aromatic heterocycles. The number of Topliss-reactive ketones (excluding diaryl/α,β-unsaturated/α-hetero) is 2. The highest BCUT2D eigenvalue weighted by atomic mass is 16.6. The Morgan fingerprint density at radius 3 is 1.26 bits per heavy atom. The molecule has 0 saturated heterocycles. The molecule has 2 unspecified atom stereocenters. The minimum atomic E-state index is -0.922. The van der Waals surface area contributed by atoms with Gasteiger partial charge in [0.25, 0.3) is 0 Å². The average molecular weight is 1240 g/mol. The van der Waals surface area contributed by atoms with Crippen LogP contribution in [-0.2, 0) is 38.2 Å². The van der Waals surface area contributed by atoms with E-state index in [-0.39, 0.29) is 54.5 Å². The van der Waals surface area contributed by atoms with Crippen LogP contribution in [0.3, 0.4) is 0 Å². The number of ether oxygens (including phenoxy) is 4. The molecule has 0 radical (unpaired) electrons. The SMILES string of the molecule is C=C(C)/C=C/C=C(C)/C=C/C1=C(C)C(=O)C(OC(=O)CCC(=O)Oc2ccc(/C=C/c3cc(C)cc(O)c3)cc2)CC1(C)C.C=C/C=C/C=C(C)/C=C/C=C(C)/C=C/C1=C(C)C(=O)C(OC(=O)CCC(=O)Oc2ccc(/C=C/c3cc(O)cc(O)c3)cc2)CC1(C)C. The van der Waals surface area contributed by atoms with Crippen molar-refractivity contribution in [3.8, 4) is 28.7 Å². The largest absolute Gasteiger partial charge is 0.508 e. The zero-order chi connectivity index (χ0) is 67.7. The molecule has 0 heterocycles. The number of phenols is 3. The number of hydrogen-bond donors (Lipinski definition) is 3. The van der Waals surface area contributed by atoms with E-state index in [0.717, 1.165) is 55.7 Å². The number of allylic oxidation sites excluding steroid dienone is 20. The van der Waals surface area contributed by atoms with Crippen molar-refractivity contribution in [1.82, 2.24) is 0 Å². The number of ketones is 2. The molecule has 0 amide bonds. The third kappa shape index (κ3) is 24.3. The fourth-order valence-electron chi connectivity index (χ4n) is 10.1. The smallest absolute Gasteiger partial charge is 0.311 e. The van der Waals surface area contributed by atoms with Crippen LogP contribution in [0.4, 0.5) is 0 Å². The number of hydrogen-bond acceptors (Lipinski definition) is 13. The van der Waals surface area contributed by atoms with E-state index >= 15 is 0 Å². The van der Waals surface area contributed by atoms with Crippen molar-refractivity contribution in [2.24, 2.45) is 10.8 Å². The van der Waals surface area contributed by atoms with Crippen LogP contribution in [0.2, 0.25) is 0 Å². The lowest BCUT2D eigenvalue weighted by Crippen LogP contribution is -2.39. The van der Waals surface area contributed by atoms with Gasteiger partial charge in [-0.3, -0.25) is 28.8 Å². The molecule has 0 bridgehead atoms. The summed E-state index contributed by atoms with van der Waals surface area (Å²) in [6.07, 6.45) is 32.5. The Morgan fingerprint density at radius 1 is 0.478 bits per heavy atom. The predicted molar refractivity (Wildman–Crippen MR) is 367 cm³/mol. The van der Waals surface area contributed by atoms with Crippen LogP contribution in [0.25, 0.3) is 24.3 Å². The lowest BCUT2D eigenvalue weighted by Gasteiger charge is -2.36. The number of rotatable bonds is 24. The van der Waals surface area contributed by atoms with Crippen LogP contribution < -0.4 is 9.47 Å². The normalized spacial score (nSPS) is 17.1. The van der Waals surface area contributed by atoms with Crippen molar-refractivity contribution >= 4 is 59.7 Å². The maximum Gasteiger partial charge on any atom is 0.311 e. The highest BCUT2D eigenvalue weighted by molar-refractivity contribution is 6.02. The molecule has 13 heteroatoms. The van der Waals surface area contributed by atoms with E-state index in [9.17, 15) is 44.1 Å². The molecule has 0 spiro atoms. The Hall–Kier alpha value is -10.1. The van der Waals surface area contributed by atoms with Crippen molar-refractivity contribution < 1.29 is 63.0 Å². The summed E-state index contributed by atoms with van der Waals surface area (Å²) in [5, 5.41) is 29.0. The van der Waals surface area contributed by atoms with E-state index in [1.54, 1.807) is 92.7 Å². The number of carbonyl (C=O) groups excluding carboxylic acids is 6. The molecule has 13 nitrogen and oxygen atoms in total. The monoisotopic (exact) mass is 1240 g/mol. The second-order valence-corrected chi connectivity index (χ2v) is 24.2. The molecule has 0 aliphatic heterocycles. The van der Waals surface area contributed by atoms with Crippen LogP contribution in [0.15, 0.2) is 228 Å². The third-order valence-corrected chi connectivity index (χ3v) is 14.9. The van der Waals surface area contributed by atoms with Crippen LogP contribution in [0, 0.1) is 17.8 Å². The summed E-state index contributed by atoms with van der Waals surface area (Å²) in [4.78, 5) is 76.4. The zero-order valence-electron chi connectivity index (χ0n) is 54.7. The lowest BCUT2D eigenvalue weighted by atomic mass is 9.71. The van der Waals surface area contributed by atoms with E-state index in [2.05, 4.69) is 13.2 Å². The number of esters is 4. The summed E-state index contributed by atoms with van der Waals surface area (Å²) in [5.41, 5.74) is 10.4. The zero-order valence-corrected chi connectivity index (χ0v) is 54.7. The highest BCUT2D eigenvalue weighted by Gasteiger charge is 2.41. The van der Waals surface area contributed by atoms with Crippen molar-refractivity contribution in [2.75, 3.05) is 0 Å². The second-order valence-electron chi connectivity index (χ2n) is 24.2. The van der Waals surface area contributed by atoms with Crippen LogP contribution in [-0.4, -0.2) is 63.0 Å². The first-order chi connectivity index (χ1) is 43.5. The molecular weight excluding hydrogens is 1160 g/mol. The van der Waals surface area contributed by atoms with Crippen molar-refractivity contribution in [3.05, 3.63) is 256 Å². The molecule has 0 saturated carbocycles. The maximum absolute atomic E-state index is 13.2. The molecule has 2 aliphatic rings. The van der Waals surface area contributed by atoms with Crippen LogP contribution in [0.5, 0.6) is 28.7 Å². The number of phenolic OH excluding ortho intramolecular Hbond substituents is 3. The predicted octanol–water partition coefficient (Wildman–Crippen LogP) is 17.3. The summed E-state index contributed by atoms with van der Waals surface area (Å²) < 4.78 is 21.8. The average Bonchev–Trinajstić information content (AvgIpc) is 0.885. The molecule has 6 rings (SSSR count). The Balaban J connectivity index is 0.000000335. The Bertz CT molecular complexity index is 3740. The lowest BCUT2D eigenvalue weighted by molar-refractivity contribution is -0.157. The quantitative estimate of drug-likeness (QED) is 0.0259. The summed E-state index contributed by atoms with van der Waals surface area (Å²) in [5.74, 6) is -2.09. The Kier molecular flexibility index (Phi) is 27.4. The first-order valence-corrected chi connectivity index (χ1v) is 30.4. The van der Waals surface area contributed by atoms with Gasteiger partial charge in [-0.25, -0.2) is 0 Å². The molecule has 4 aromatic rings. The van der Waals surface area contributed by atoms with Gasteiger partial charge in [0.2, 0.25) is 0 Å². The van der Waals surface area contributed by atoms with E-state index < -0.39 is 46.9 Å². The highest BCUT2D eigenvalue weighted by Crippen LogP contribution is 2.42. The fourth-order valence-corrected chi connectivity index (χ4v) is 10.1. The van der Waals surface area contributed by atoms with E-state index in [0.29, 0.717) is 41.1 Å². The van der Waals surface area contributed by atoms with Gasteiger partial charge in [-0.15, -0.1) is 0 Å². The third-order valence-electron chi connectivity index (χ3n) is 14.9. The van der Waals surface area contributed by atoms with Gasteiger partial charge in [0.05, 0.1) is 25.7 Å². The second kappa shape index (κ2) is 34.7. The van der Waals surface area contributed by atoms with Gasteiger partial charge in [0.15, 0.2) is 23.8 Å². The summed E-state index contributed by atoms with van der Waals surface area (Å²) in [6, 6.07) is 23.3. The molecule has 92 heavy (non-hydrogen) atoms. The van der Waals surface area contributed by atoms with Gasteiger partial charge in [-0.2, -0.15) is 0 Å². The van der Waals surface area contributed by atoms with Gasteiger partial charge in [-0.1, -0.05) is 203 Å². The Morgan fingerprint density at radius 2 is 0.848 bits per heavy atom. The maximum atomic E-state index is 13.2. The molecule has 2 atom stereocenters. The minimum Gasteiger partial charge on any atom is -0.508 e. The van der Waals surface area contributed by atoms with Gasteiger partial charge in [-0.05, 0) is 158 Å². The molecule has 2 aliphatic carbocycles. The van der Waals surface area contributed by atoms with Crippen molar-refractivity contribution in [2.45, 2.75) is 127 Å². The fraction of sp³-hybridized carbons (Fsp3) is 0.266. The van der Waals surface area contributed by atoms with Crippen LogP contribution in [0.1, 0.15) is 136 Å². The van der Waals surface area contributed by atoms with Crippen LogP contribution >= 0.6 is 0 Å². The van der Waals surface area contributed by atoms with Crippen molar-refractivity contribution in [1.29, 1.82) is 0 Å². The standard InChI is InChI=1S/C41H44O7.C38H42O6/c1-7-8-9-11-28(2)12-10-13-29(3)14-21-36-30(4)40(46)37(27-41(36,5)6)48-39(45)23-22-38(44)47-35-19-17-31(18-20-35)15-16-32-24-33(42)26-34(43)25-32;1-25(2)9-8-10-26(3)11-18-33-28(5)37(42)34(24-38(33,6)7)44-36(41)20-19-35(40)43-32-16-14-29(15-17-32)12-13-30-21-27(4)22-31(39)23-30/h7-21,24-26,37,42-43H,1,22-23,27H2,2-6H3;8-18,21-23,34,39H,1,19-20,24H2,2-7H3/b9-8+,12-10+,16-15+,21-14+,28-11+,29-13+;9-8+,13-12+,18-11+,26-10+. The summed E-state index contributed by atoms with van der Waals surface area (Å²) >= 11 is 0. The first-order valence-electron chi connectivity index (χ1n) is 30.4. The minimum absolute atomic E-state index is 0.0418. The van der Waals surface area contributed by atoms with Gasteiger partial charge in [0, 0.05) is 18.9 Å². The van der Waals surface area contributed by atoms with Gasteiger partial charge >= 0.3 is 23.9 Å². The number of carbonyl (C=O) groups is 6. The first kappa shape index (κ1) is 72.6.